The van der Waals surface area contributed by atoms with E-state index in [0.717, 1.165) is 37.6 Å². The fourth-order valence-electron chi connectivity index (χ4n) is 3.68. The number of rotatable bonds is 9. The summed E-state index contributed by atoms with van der Waals surface area (Å²) in [6.45, 7) is 4.51. The van der Waals surface area contributed by atoms with Gasteiger partial charge in [0.05, 0.1) is 18.6 Å². The summed E-state index contributed by atoms with van der Waals surface area (Å²) in [7, 11) is 1.58. The van der Waals surface area contributed by atoms with Crippen molar-refractivity contribution in [3.63, 3.8) is 0 Å². The fraction of sp³-hybridized carbons (Fsp3) is 0.143. The highest BCUT2D eigenvalue weighted by molar-refractivity contribution is 14.1. The van der Waals surface area contributed by atoms with E-state index in [1.807, 2.05) is 66.7 Å². The third kappa shape index (κ3) is 6.15. The summed E-state index contributed by atoms with van der Waals surface area (Å²) in [4.78, 5) is 27.3. The predicted octanol–water partition coefficient (Wildman–Crippen LogP) is 6.84. The van der Waals surface area contributed by atoms with Crippen LogP contribution in [0.15, 0.2) is 84.3 Å². The second kappa shape index (κ2) is 11.6. The van der Waals surface area contributed by atoms with Crippen LogP contribution in [-0.2, 0) is 24.4 Å². The molecule has 0 radical (unpaired) electrons. The normalized spacial score (nSPS) is 14.5. The Kier molecular flexibility index (Phi) is 8.30. The summed E-state index contributed by atoms with van der Waals surface area (Å²) in [5.41, 5.74) is 3.60. The smallest absolute Gasteiger partial charge is 0.293 e. The molecule has 178 valence electrons. The first kappa shape index (κ1) is 25.1. The lowest BCUT2D eigenvalue weighted by molar-refractivity contribution is -0.123. The summed E-state index contributed by atoms with van der Waals surface area (Å²) >= 11 is 3.17. The maximum Gasteiger partial charge on any atom is 0.293 e. The maximum absolute atomic E-state index is 13.0. The van der Waals surface area contributed by atoms with Crippen molar-refractivity contribution >= 4 is 51.6 Å². The van der Waals surface area contributed by atoms with Gasteiger partial charge >= 0.3 is 0 Å². The summed E-state index contributed by atoms with van der Waals surface area (Å²) in [5, 5.41) is -0.277. The van der Waals surface area contributed by atoms with Crippen molar-refractivity contribution in [2.24, 2.45) is 0 Å². The Balaban J connectivity index is 1.59. The minimum Gasteiger partial charge on any atom is -0.493 e. The molecule has 0 saturated carbocycles. The van der Waals surface area contributed by atoms with Crippen LogP contribution in [0, 0.1) is 3.57 Å². The van der Waals surface area contributed by atoms with E-state index in [2.05, 4.69) is 29.2 Å². The van der Waals surface area contributed by atoms with Gasteiger partial charge in [0, 0.05) is 9.13 Å². The lowest BCUT2D eigenvalue weighted by atomic mass is 10.0. The van der Waals surface area contributed by atoms with Crippen molar-refractivity contribution < 1.29 is 19.1 Å². The largest absolute Gasteiger partial charge is 0.493 e. The van der Waals surface area contributed by atoms with Crippen molar-refractivity contribution in [2.75, 3.05) is 7.11 Å². The van der Waals surface area contributed by atoms with E-state index in [0.29, 0.717) is 29.4 Å². The van der Waals surface area contributed by atoms with E-state index in [-0.39, 0.29) is 17.7 Å². The number of allylic oxidation sites excluding steroid dienone is 1. The van der Waals surface area contributed by atoms with Gasteiger partial charge in [-0.2, -0.15) is 0 Å². The zero-order valence-corrected chi connectivity index (χ0v) is 22.2. The molecule has 1 heterocycles. The third-order valence-corrected chi connectivity index (χ3v) is 7.02. The number of ether oxygens (including phenoxy) is 2. The van der Waals surface area contributed by atoms with E-state index in [1.54, 1.807) is 19.3 Å². The minimum atomic E-state index is -0.299. The number of carbonyl (C=O) groups is 2. The number of carbonyl (C=O) groups excluding carboxylic acids is 2. The van der Waals surface area contributed by atoms with Gasteiger partial charge in [0.25, 0.3) is 11.1 Å². The zero-order chi connectivity index (χ0) is 24.8. The number of methoxy groups -OCH3 is 1. The number of hydrogen-bond donors (Lipinski definition) is 0. The van der Waals surface area contributed by atoms with Gasteiger partial charge in [-0.15, -0.1) is 6.58 Å². The van der Waals surface area contributed by atoms with Crippen LogP contribution in [0.4, 0.5) is 4.79 Å². The molecule has 35 heavy (non-hydrogen) atoms. The molecule has 2 amide bonds. The SMILES string of the molecule is C=CCc1cc(/C=C2\SC(=O)N(Cc3ccc(I)cc3)C2=O)cc(OC)c1OCc1ccccc1. The summed E-state index contributed by atoms with van der Waals surface area (Å²) in [6.07, 6.45) is 4.09. The van der Waals surface area contributed by atoms with E-state index in [9.17, 15) is 9.59 Å². The first-order valence-electron chi connectivity index (χ1n) is 11.0. The molecule has 7 heteroatoms. The minimum absolute atomic E-state index is 0.246. The number of hydrogen-bond acceptors (Lipinski definition) is 5. The standard InChI is InChI=1S/C28H24INO4S/c1-3-7-22-14-21(15-24(33-2)26(22)34-18-20-8-5-4-6-9-20)16-25-27(31)30(28(32)35-25)17-19-10-12-23(29)13-11-19/h3-6,8-16H,1,7,17-18H2,2H3/b25-16-. The Hall–Kier alpha value is -3.04. The molecule has 3 aromatic carbocycles. The first-order chi connectivity index (χ1) is 17.0. The van der Waals surface area contributed by atoms with Crippen LogP contribution in [-0.4, -0.2) is 23.2 Å². The molecule has 0 spiro atoms. The van der Waals surface area contributed by atoms with Crippen LogP contribution in [0.1, 0.15) is 22.3 Å². The van der Waals surface area contributed by atoms with E-state index >= 15 is 0 Å². The van der Waals surface area contributed by atoms with Gasteiger partial charge in [0.2, 0.25) is 0 Å². The van der Waals surface area contributed by atoms with E-state index in [4.69, 9.17) is 9.47 Å². The molecule has 5 nitrogen and oxygen atoms in total. The molecule has 1 aliphatic heterocycles. The van der Waals surface area contributed by atoms with Gasteiger partial charge in [-0.05, 0) is 87.8 Å². The second-order valence-corrected chi connectivity index (χ2v) is 10.1. The molecule has 3 aromatic rings. The predicted molar refractivity (Wildman–Crippen MR) is 148 cm³/mol. The van der Waals surface area contributed by atoms with E-state index < -0.39 is 0 Å². The number of amides is 2. The molecular weight excluding hydrogens is 573 g/mol. The number of thioether (sulfide) groups is 1. The lowest BCUT2D eigenvalue weighted by Crippen LogP contribution is -2.27. The summed E-state index contributed by atoms with van der Waals surface area (Å²) in [5.74, 6) is 0.900. The molecule has 0 unspecified atom stereocenters. The Morgan fingerprint density at radius 1 is 1.03 bits per heavy atom. The van der Waals surface area contributed by atoms with Crippen LogP contribution >= 0.6 is 34.4 Å². The molecule has 1 saturated heterocycles. The highest BCUT2D eigenvalue weighted by Gasteiger charge is 2.35. The Labute approximate surface area is 223 Å². The molecule has 1 fully saturated rings. The summed E-state index contributed by atoms with van der Waals surface area (Å²) in [6, 6.07) is 21.4. The first-order valence-corrected chi connectivity index (χ1v) is 12.9. The van der Waals surface area contributed by atoms with Crippen molar-refractivity contribution in [2.45, 2.75) is 19.6 Å². The molecule has 1 aliphatic rings. The number of nitrogens with zero attached hydrogens (tertiary/aromatic N) is 1. The molecular formula is C28H24INO4S. The molecule has 0 bridgehead atoms. The fourth-order valence-corrected chi connectivity index (χ4v) is 4.88. The van der Waals surface area contributed by atoms with E-state index in [1.165, 1.54) is 4.90 Å². The van der Waals surface area contributed by atoms with Crippen molar-refractivity contribution in [3.05, 3.63) is 110 Å². The average molecular weight is 597 g/mol. The van der Waals surface area contributed by atoms with Crippen molar-refractivity contribution in [3.8, 4) is 11.5 Å². The van der Waals surface area contributed by atoms with Crippen molar-refractivity contribution in [1.29, 1.82) is 0 Å². The highest BCUT2D eigenvalue weighted by atomic mass is 127. The monoisotopic (exact) mass is 597 g/mol. The van der Waals surface area contributed by atoms with Crippen LogP contribution in [0.2, 0.25) is 0 Å². The molecule has 4 rings (SSSR count). The Morgan fingerprint density at radius 2 is 1.77 bits per heavy atom. The molecule has 0 aliphatic carbocycles. The van der Waals surface area contributed by atoms with Crippen molar-refractivity contribution in [1.82, 2.24) is 4.90 Å². The van der Waals surface area contributed by atoms with Gasteiger partial charge in [-0.1, -0.05) is 48.5 Å². The second-order valence-electron chi connectivity index (χ2n) is 7.87. The van der Waals surface area contributed by atoms with Crippen LogP contribution in [0.5, 0.6) is 11.5 Å². The highest BCUT2D eigenvalue weighted by Crippen LogP contribution is 2.38. The quantitative estimate of drug-likeness (QED) is 0.154. The van der Waals surface area contributed by atoms with Gasteiger partial charge in [-0.3, -0.25) is 14.5 Å². The third-order valence-electron chi connectivity index (χ3n) is 5.39. The lowest BCUT2D eigenvalue weighted by Gasteiger charge is -2.16. The number of imide groups is 1. The van der Waals surface area contributed by atoms with Crippen LogP contribution in [0.25, 0.3) is 6.08 Å². The topological polar surface area (TPSA) is 55.8 Å². The Bertz CT molecular complexity index is 1270. The van der Waals surface area contributed by atoms with Gasteiger partial charge in [0.15, 0.2) is 11.5 Å². The average Bonchev–Trinajstić information content (AvgIpc) is 3.12. The summed E-state index contributed by atoms with van der Waals surface area (Å²) < 4.78 is 12.8. The van der Waals surface area contributed by atoms with Gasteiger partial charge in [0.1, 0.15) is 6.61 Å². The zero-order valence-electron chi connectivity index (χ0n) is 19.2. The molecule has 0 aromatic heterocycles. The number of halogens is 1. The maximum atomic E-state index is 13.0. The molecule has 0 atom stereocenters. The van der Waals surface area contributed by atoms with Crippen LogP contribution in [0.3, 0.4) is 0 Å². The molecule has 0 N–H and O–H groups in total. The Morgan fingerprint density at radius 3 is 2.46 bits per heavy atom. The van der Waals surface area contributed by atoms with Crippen LogP contribution < -0.4 is 9.47 Å². The number of benzene rings is 3. The van der Waals surface area contributed by atoms with Gasteiger partial charge < -0.3 is 9.47 Å². The van der Waals surface area contributed by atoms with Gasteiger partial charge in [-0.25, -0.2) is 0 Å².